The summed E-state index contributed by atoms with van der Waals surface area (Å²) in [5.74, 6) is 1.13. The van der Waals surface area contributed by atoms with E-state index in [9.17, 15) is 4.79 Å². The topological polar surface area (TPSA) is 70.2 Å². The maximum Gasteiger partial charge on any atom is 0.224 e. The molecule has 2 N–H and O–H groups in total. The van der Waals surface area contributed by atoms with Gasteiger partial charge in [0, 0.05) is 37.8 Å². The van der Waals surface area contributed by atoms with E-state index < -0.39 is 0 Å². The Labute approximate surface area is 176 Å². The number of rotatable bonds is 9. The van der Waals surface area contributed by atoms with Gasteiger partial charge in [-0.05, 0) is 30.5 Å². The van der Waals surface area contributed by atoms with Crippen molar-refractivity contribution in [3.63, 3.8) is 0 Å². The SMILES string of the molecule is C=CC(=O)Cc1cccc(CNc2nc(N[C@H]3CCN(C(=C)C)C3)ncc2Cl)c1. The van der Waals surface area contributed by atoms with Crippen LogP contribution in [0.2, 0.25) is 5.02 Å². The van der Waals surface area contributed by atoms with Gasteiger partial charge >= 0.3 is 0 Å². The number of allylic oxidation sites excluding steroid dienone is 2. The Kier molecular flexibility index (Phi) is 6.88. The van der Waals surface area contributed by atoms with E-state index in [0.717, 1.165) is 36.3 Å². The minimum Gasteiger partial charge on any atom is -0.373 e. The summed E-state index contributed by atoms with van der Waals surface area (Å²) in [4.78, 5) is 22.7. The second-order valence-corrected chi connectivity index (χ2v) is 7.63. The van der Waals surface area contributed by atoms with Crippen molar-refractivity contribution in [2.75, 3.05) is 23.7 Å². The van der Waals surface area contributed by atoms with Crippen molar-refractivity contribution >= 4 is 29.2 Å². The molecule has 29 heavy (non-hydrogen) atoms. The fraction of sp³-hybridized carbons (Fsp3) is 0.318. The first-order valence-corrected chi connectivity index (χ1v) is 9.99. The van der Waals surface area contributed by atoms with E-state index in [0.29, 0.717) is 29.8 Å². The first kappa shape index (κ1) is 20.9. The van der Waals surface area contributed by atoms with Crippen LogP contribution in [0, 0.1) is 0 Å². The van der Waals surface area contributed by atoms with Crippen LogP contribution in [0.4, 0.5) is 11.8 Å². The molecular weight excluding hydrogens is 386 g/mol. The monoisotopic (exact) mass is 411 g/mol. The van der Waals surface area contributed by atoms with Gasteiger partial charge in [-0.15, -0.1) is 0 Å². The van der Waals surface area contributed by atoms with Crippen LogP contribution in [0.1, 0.15) is 24.5 Å². The van der Waals surface area contributed by atoms with E-state index in [-0.39, 0.29) is 11.8 Å². The zero-order chi connectivity index (χ0) is 20.8. The minimum absolute atomic E-state index is 0.00166. The quantitative estimate of drug-likeness (QED) is 0.606. The predicted molar refractivity (Wildman–Crippen MR) is 118 cm³/mol. The van der Waals surface area contributed by atoms with Gasteiger partial charge in [0.2, 0.25) is 5.95 Å². The number of hydrogen-bond acceptors (Lipinski definition) is 6. The van der Waals surface area contributed by atoms with Gasteiger partial charge in [0.25, 0.3) is 0 Å². The normalized spacial score (nSPS) is 15.8. The lowest BCUT2D eigenvalue weighted by molar-refractivity contribution is -0.114. The largest absolute Gasteiger partial charge is 0.373 e. The zero-order valence-electron chi connectivity index (χ0n) is 16.6. The van der Waals surface area contributed by atoms with Crippen molar-refractivity contribution in [2.24, 2.45) is 0 Å². The highest BCUT2D eigenvalue weighted by molar-refractivity contribution is 6.32. The molecule has 1 aliphatic heterocycles. The standard InChI is InChI=1S/C22H26ClN5O/c1-4-19(29)11-16-6-5-7-17(10-16)12-24-21-20(23)13-25-22(27-21)26-18-8-9-28(14-18)15(2)3/h4-7,10,13,18H,1-2,8-9,11-12,14H2,3H3,(H2,24,25,26,27)/t18-/m0/s1. The van der Waals surface area contributed by atoms with Gasteiger partial charge < -0.3 is 15.5 Å². The van der Waals surface area contributed by atoms with Crippen molar-refractivity contribution in [1.82, 2.24) is 14.9 Å². The molecule has 1 atom stereocenters. The number of aromatic nitrogens is 2. The Hall–Kier alpha value is -2.86. The molecular formula is C22H26ClN5O. The van der Waals surface area contributed by atoms with Crippen LogP contribution in [0.5, 0.6) is 0 Å². The average molecular weight is 412 g/mol. The molecule has 6 nitrogen and oxygen atoms in total. The Morgan fingerprint density at radius 3 is 2.93 bits per heavy atom. The summed E-state index contributed by atoms with van der Waals surface area (Å²) < 4.78 is 0. The van der Waals surface area contributed by atoms with E-state index in [4.69, 9.17) is 11.6 Å². The molecule has 2 aromatic rings. The second-order valence-electron chi connectivity index (χ2n) is 7.22. The number of benzene rings is 1. The Balaban J connectivity index is 1.62. The number of ketones is 1. The van der Waals surface area contributed by atoms with E-state index in [1.807, 2.05) is 31.2 Å². The molecule has 1 aliphatic rings. The molecule has 0 aliphatic carbocycles. The molecule has 2 heterocycles. The van der Waals surface area contributed by atoms with Crippen LogP contribution in [-0.2, 0) is 17.8 Å². The average Bonchev–Trinajstić information content (AvgIpc) is 3.17. The van der Waals surface area contributed by atoms with Crippen LogP contribution in [0.3, 0.4) is 0 Å². The van der Waals surface area contributed by atoms with Gasteiger partial charge in [0.15, 0.2) is 11.6 Å². The molecule has 0 bridgehead atoms. The zero-order valence-corrected chi connectivity index (χ0v) is 17.4. The van der Waals surface area contributed by atoms with Crippen molar-refractivity contribution in [3.8, 4) is 0 Å². The molecule has 0 saturated carbocycles. The summed E-state index contributed by atoms with van der Waals surface area (Å²) in [5, 5.41) is 7.10. The molecule has 1 aromatic carbocycles. The number of nitrogens with one attached hydrogen (secondary N) is 2. The van der Waals surface area contributed by atoms with E-state index in [1.165, 1.54) is 6.08 Å². The fourth-order valence-corrected chi connectivity index (χ4v) is 3.43. The first-order chi connectivity index (χ1) is 13.9. The number of halogens is 1. The molecule has 1 saturated heterocycles. The molecule has 0 radical (unpaired) electrons. The third kappa shape index (κ3) is 5.81. The molecule has 3 rings (SSSR count). The fourth-order valence-electron chi connectivity index (χ4n) is 3.28. The Morgan fingerprint density at radius 2 is 2.21 bits per heavy atom. The maximum absolute atomic E-state index is 11.6. The van der Waals surface area contributed by atoms with Crippen molar-refractivity contribution in [1.29, 1.82) is 0 Å². The van der Waals surface area contributed by atoms with Crippen molar-refractivity contribution in [3.05, 3.63) is 71.5 Å². The lowest BCUT2D eigenvalue weighted by Gasteiger charge is -2.18. The highest BCUT2D eigenvalue weighted by Crippen LogP contribution is 2.22. The molecule has 152 valence electrons. The van der Waals surface area contributed by atoms with Gasteiger partial charge in [-0.3, -0.25) is 4.79 Å². The summed E-state index contributed by atoms with van der Waals surface area (Å²) in [5.41, 5.74) is 3.07. The molecule has 1 aromatic heterocycles. The molecule has 7 heteroatoms. The predicted octanol–water partition coefficient (Wildman–Crippen LogP) is 4.06. The van der Waals surface area contributed by atoms with Gasteiger partial charge in [-0.1, -0.05) is 49.0 Å². The molecule has 0 amide bonds. The number of likely N-dealkylation sites (tertiary alicyclic amines) is 1. The van der Waals surface area contributed by atoms with Crippen LogP contribution in [0.15, 0.2) is 55.4 Å². The van der Waals surface area contributed by atoms with Gasteiger partial charge in [0.05, 0.1) is 6.20 Å². The minimum atomic E-state index is 0.00166. The van der Waals surface area contributed by atoms with Crippen LogP contribution in [-0.4, -0.2) is 39.8 Å². The number of nitrogens with zero attached hydrogens (tertiary/aromatic N) is 3. The van der Waals surface area contributed by atoms with Crippen LogP contribution < -0.4 is 10.6 Å². The van der Waals surface area contributed by atoms with E-state index >= 15 is 0 Å². The third-order valence-electron chi connectivity index (χ3n) is 4.86. The maximum atomic E-state index is 11.6. The summed E-state index contributed by atoms with van der Waals surface area (Å²) >= 11 is 6.27. The number of carbonyl (C=O) groups is 1. The second kappa shape index (κ2) is 9.56. The van der Waals surface area contributed by atoms with Crippen LogP contribution in [0.25, 0.3) is 0 Å². The smallest absolute Gasteiger partial charge is 0.224 e. The highest BCUT2D eigenvalue weighted by Gasteiger charge is 2.22. The van der Waals surface area contributed by atoms with Gasteiger partial charge in [-0.25, -0.2) is 4.98 Å². The van der Waals surface area contributed by atoms with E-state index in [2.05, 4.69) is 38.7 Å². The molecule has 0 spiro atoms. The number of carbonyl (C=O) groups excluding carboxylic acids is 1. The molecule has 1 fully saturated rings. The first-order valence-electron chi connectivity index (χ1n) is 9.61. The van der Waals surface area contributed by atoms with E-state index in [1.54, 1.807) is 6.20 Å². The van der Waals surface area contributed by atoms with Crippen molar-refractivity contribution < 1.29 is 4.79 Å². The lowest BCUT2D eigenvalue weighted by Crippen LogP contribution is -2.25. The van der Waals surface area contributed by atoms with Crippen molar-refractivity contribution in [2.45, 2.75) is 32.4 Å². The van der Waals surface area contributed by atoms with Gasteiger partial charge in [0.1, 0.15) is 5.02 Å². The summed E-state index contributed by atoms with van der Waals surface area (Å²) in [6.45, 7) is 12.0. The summed E-state index contributed by atoms with van der Waals surface area (Å²) in [6.07, 6.45) is 4.31. The highest BCUT2D eigenvalue weighted by atomic mass is 35.5. The number of anilines is 2. The summed E-state index contributed by atoms with van der Waals surface area (Å²) in [6, 6.07) is 8.13. The number of hydrogen-bond donors (Lipinski definition) is 2. The summed E-state index contributed by atoms with van der Waals surface area (Å²) in [7, 11) is 0. The third-order valence-corrected chi connectivity index (χ3v) is 5.14. The Bertz CT molecular complexity index is 914. The molecule has 0 unspecified atom stereocenters. The lowest BCUT2D eigenvalue weighted by atomic mass is 10.1. The Morgan fingerprint density at radius 1 is 1.41 bits per heavy atom. The van der Waals surface area contributed by atoms with Crippen LogP contribution >= 0.6 is 11.6 Å². The van der Waals surface area contributed by atoms with Gasteiger partial charge in [-0.2, -0.15) is 4.98 Å².